The number of aromatic nitrogens is 3. The zero-order valence-corrected chi connectivity index (χ0v) is 14.4. The van der Waals surface area contributed by atoms with Gasteiger partial charge in [0.15, 0.2) is 18.2 Å². The Hall–Kier alpha value is -1.85. The van der Waals surface area contributed by atoms with E-state index in [0.717, 1.165) is 11.1 Å². The zero-order valence-electron chi connectivity index (χ0n) is 12.9. The highest BCUT2D eigenvalue weighted by atomic mass is 35.5. The lowest BCUT2D eigenvalue weighted by atomic mass is 10.2. The van der Waals surface area contributed by atoms with E-state index in [1.807, 2.05) is 32.9 Å². The van der Waals surface area contributed by atoms with E-state index in [1.165, 1.54) is 0 Å². The highest BCUT2D eigenvalue weighted by molar-refractivity contribution is 6.39. The summed E-state index contributed by atoms with van der Waals surface area (Å²) in [6.07, 6.45) is 0. The van der Waals surface area contributed by atoms with Crippen molar-refractivity contribution < 1.29 is 9.26 Å². The fourth-order valence-electron chi connectivity index (χ4n) is 2.12. The third-order valence-corrected chi connectivity index (χ3v) is 3.91. The SMILES string of the molecule is Cc1ccc2c(Cl)cc(Cl)c(OCc3nc(C(C)C)no3)c2n1. The van der Waals surface area contributed by atoms with Crippen LogP contribution in [-0.2, 0) is 6.61 Å². The van der Waals surface area contributed by atoms with Crippen molar-refractivity contribution in [1.82, 2.24) is 15.1 Å². The van der Waals surface area contributed by atoms with Crippen LogP contribution in [0.2, 0.25) is 10.0 Å². The van der Waals surface area contributed by atoms with Crippen molar-refractivity contribution in [3.63, 3.8) is 0 Å². The van der Waals surface area contributed by atoms with Crippen LogP contribution < -0.4 is 4.74 Å². The van der Waals surface area contributed by atoms with Gasteiger partial charge in [-0.2, -0.15) is 4.98 Å². The maximum absolute atomic E-state index is 6.27. The van der Waals surface area contributed by atoms with E-state index in [0.29, 0.717) is 33.0 Å². The van der Waals surface area contributed by atoms with Gasteiger partial charge in [-0.3, -0.25) is 0 Å². The minimum absolute atomic E-state index is 0.117. The molecule has 5 nitrogen and oxygen atoms in total. The Kier molecular flexibility index (Phi) is 4.41. The molecule has 2 aromatic heterocycles. The van der Waals surface area contributed by atoms with Crippen molar-refractivity contribution in [3.05, 3.63) is 45.7 Å². The van der Waals surface area contributed by atoms with Crippen LogP contribution in [0.3, 0.4) is 0 Å². The second kappa shape index (κ2) is 6.34. The molecule has 0 atom stereocenters. The summed E-state index contributed by atoms with van der Waals surface area (Å²) < 4.78 is 11.0. The Morgan fingerprint density at radius 1 is 1.17 bits per heavy atom. The van der Waals surface area contributed by atoms with E-state index in [9.17, 15) is 0 Å². The fourth-order valence-corrected chi connectivity index (χ4v) is 2.69. The summed E-state index contributed by atoms with van der Waals surface area (Å²) in [5, 5.41) is 5.61. The quantitative estimate of drug-likeness (QED) is 0.666. The minimum atomic E-state index is 0.117. The standard InChI is InChI=1S/C16H15Cl2N3O2/c1-8(2)16-20-13(23-21-16)7-22-15-12(18)6-11(17)10-5-4-9(3)19-14(10)15/h4-6,8H,7H2,1-3H3. The molecule has 3 aromatic rings. The summed E-state index contributed by atoms with van der Waals surface area (Å²) >= 11 is 12.5. The smallest absolute Gasteiger partial charge is 0.264 e. The summed E-state index contributed by atoms with van der Waals surface area (Å²) in [5.41, 5.74) is 1.46. The Bertz CT molecular complexity index is 862. The molecule has 7 heteroatoms. The first-order valence-corrected chi connectivity index (χ1v) is 7.92. The number of hydrogen-bond donors (Lipinski definition) is 0. The number of pyridine rings is 1. The topological polar surface area (TPSA) is 61.0 Å². The molecule has 0 saturated heterocycles. The third-order valence-electron chi connectivity index (χ3n) is 3.32. The summed E-state index contributed by atoms with van der Waals surface area (Å²) in [4.78, 5) is 8.76. The van der Waals surface area contributed by atoms with Crippen molar-refractivity contribution in [3.8, 4) is 5.75 Å². The second-order valence-electron chi connectivity index (χ2n) is 5.51. The molecular formula is C16H15Cl2N3O2. The summed E-state index contributed by atoms with van der Waals surface area (Å²) in [6.45, 7) is 5.99. The van der Waals surface area contributed by atoms with Gasteiger partial charge in [0, 0.05) is 17.0 Å². The molecule has 23 heavy (non-hydrogen) atoms. The first-order chi connectivity index (χ1) is 11.0. The molecule has 2 heterocycles. The van der Waals surface area contributed by atoms with Gasteiger partial charge < -0.3 is 9.26 Å². The predicted molar refractivity (Wildman–Crippen MR) is 89.2 cm³/mol. The first kappa shape index (κ1) is 16.0. The van der Waals surface area contributed by atoms with Gasteiger partial charge in [0.2, 0.25) is 0 Å². The average molecular weight is 352 g/mol. The number of aryl methyl sites for hydroxylation is 1. The van der Waals surface area contributed by atoms with Crippen molar-refractivity contribution in [2.75, 3.05) is 0 Å². The lowest BCUT2D eigenvalue weighted by molar-refractivity contribution is 0.244. The average Bonchev–Trinajstić information content (AvgIpc) is 2.95. The second-order valence-corrected chi connectivity index (χ2v) is 6.32. The lowest BCUT2D eigenvalue weighted by Crippen LogP contribution is -1.99. The number of halogens is 2. The van der Waals surface area contributed by atoms with Crippen molar-refractivity contribution >= 4 is 34.1 Å². The highest BCUT2D eigenvalue weighted by Crippen LogP contribution is 2.37. The molecular weight excluding hydrogens is 337 g/mol. The fraction of sp³-hybridized carbons (Fsp3) is 0.312. The summed E-state index contributed by atoms with van der Waals surface area (Å²) in [7, 11) is 0. The Labute approximate surface area is 143 Å². The number of fused-ring (bicyclic) bond motifs is 1. The lowest BCUT2D eigenvalue weighted by Gasteiger charge is -2.11. The Balaban J connectivity index is 1.94. The van der Waals surface area contributed by atoms with Gasteiger partial charge in [-0.15, -0.1) is 0 Å². The van der Waals surface area contributed by atoms with Crippen molar-refractivity contribution in [2.45, 2.75) is 33.3 Å². The number of benzene rings is 1. The van der Waals surface area contributed by atoms with Gasteiger partial charge in [-0.1, -0.05) is 42.2 Å². The molecule has 0 aliphatic carbocycles. The molecule has 0 amide bonds. The van der Waals surface area contributed by atoms with Crippen molar-refractivity contribution in [2.24, 2.45) is 0 Å². The van der Waals surface area contributed by atoms with Crippen LogP contribution in [0.25, 0.3) is 10.9 Å². The van der Waals surface area contributed by atoms with Crippen LogP contribution in [0.4, 0.5) is 0 Å². The molecule has 120 valence electrons. The maximum atomic E-state index is 6.27. The molecule has 0 spiro atoms. The minimum Gasteiger partial charge on any atom is -0.480 e. The molecule has 1 aromatic carbocycles. The van der Waals surface area contributed by atoms with E-state index in [1.54, 1.807) is 6.07 Å². The number of rotatable bonds is 4. The van der Waals surface area contributed by atoms with Crippen molar-refractivity contribution in [1.29, 1.82) is 0 Å². The largest absolute Gasteiger partial charge is 0.480 e. The van der Waals surface area contributed by atoms with Crippen LogP contribution in [0.5, 0.6) is 5.75 Å². The third kappa shape index (κ3) is 3.26. The van der Waals surface area contributed by atoms with E-state index in [-0.39, 0.29) is 12.5 Å². The van der Waals surface area contributed by atoms with Gasteiger partial charge >= 0.3 is 0 Å². The van der Waals surface area contributed by atoms with Crippen LogP contribution in [0.15, 0.2) is 22.7 Å². The van der Waals surface area contributed by atoms with Crippen LogP contribution in [0.1, 0.15) is 37.2 Å². The van der Waals surface area contributed by atoms with Gasteiger partial charge in [0.25, 0.3) is 5.89 Å². The molecule has 0 fully saturated rings. The van der Waals surface area contributed by atoms with Crippen LogP contribution in [0, 0.1) is 6.92 Å². The monoisotopic (exact) mass is 351 g/mol. The molecule has 0 bridgehead atoms. The molecule has 0 radical (unpaired) electrons. The van der Waals surface area contributed by atoms with E-state index in [4.69, 9.17) is 32.5 Å². The molecule has 0 unspecified atom stereocenters. The van der Waals surface area contributed by atoms with E-state index >= 15 is 0 Å². The molecule has 3 rings (SSSR count). The first-order valence-electron chi connectivity index (χ1n) is 7.16. The van der Waals surface area contributed by atoms with Crippen LogP contribution in [-0.4, -0.2) is 15.1 Å². The van der Waals surface area contributed by atoms with E-state index in [2.05, 4.69) is 15.1 Å². The zero-order chi connectivity index (χ0) is 16.6. The summed E-state index contributed by atoms with van der Waals surface area (Å²) in [5.74, 6) is 1.68. The maximum Gasteiger partial charge on any atom is 0.264 e. The molecule has 0 N–H and O–H groups in total. The van der Waals surface area contributed by atoms with Crippen LogP contribution >= 0.6 is 23.2 Å². The Morgan fingerprint density at radius 3 is 2.65 bits per heavy atom. The number of hydrogen-bond acceptors (Lipinski definition) is 5. The van der Waals surface area contributed by atoms with Gasteiger partial charge in [0.05, 0.1) is 10.0 Å². The summed E-state index contributed by atoms with van der Waals surface area (Å²) in [6, 6.07) is 5.43. The molecule has 0 saturated carbocycles. The predicted octanol–water partition coefficient (Wildman–Crippen LogP) is 4.94. The van der Waals surface area contributed by atoms with Gasteiger partial charge in [-0.05, 0) is 25.1 Å². The van der Waals surface area contributed by atoms with Gasteiger partial charge in [-0.25, -0.2) is 4.98 Å². The Morgan fingerprint density at radius 2 is 1.96 bits per heavy atom. The normalized spacial score (nSPS) is 11.4. The molecule has 0 aliphatic heterocycles. The highest BCUT2D eigenvalue weighted by Gasteiger charge is 2.15. The molecule has 0 aliphatic rings. The number of nitrogens with zero attached hydrogens (tertiary/aromatic N) is 3. The van der Waals surface area contributed by atoms with Gasteiger partial charge in [0.1, 0.15) is 5.52 Å². The number of ether oxygens (including phenoxy) is 1. The van der Waals surface area contributed by atoms with E-state index < -0.39 is 0 Å².